The molecule has 6 nitrogen and oxygen atoms in total. The topological polar surface area (TPSA) is 74.3 Å². The van der Waals surface area contributed by atoms with E-state index in [0.29, 0.717) is 16.8 Å². The first-order valence-electron chi connectivity index (χ1n) is 10.8. The highest BCUT2D eigenvalue weighted by Gasteiger charge is 2.24. The first kappa shape index (κ1) is 19.5. The minimum Gasteiger partial charge on any atom is -0.497 e. The summed E-state index contributed by atoms with van der Waals surface area (Å²) in [4.78, 5) is 31.7. The van der Waals surface area contributed by atoms with Crippen molar-refractivity contribution in [1.82, 2.24) is 9.55 Å². The van der Waals surface area contributed by atoms with Gasteiger partial charge in [-0.2, -0.15) is 4.98 Å². The Bertz CT molecular complexity index is 1360. The lowest BCUT2D eigenvalue weighted by molar-refractivity contribution is 0.414. The van der Waals surface area contributed by atoms with E-state index < -0.39 is 0 Å². The molecular formula is C25H24N2O4. The van der Waals surface area contributed by atoms with Gasteiger partial charge in [0.2, 0.25) is 11.1 Å². The first-order chi connectivity index (χ1) is 15.2. The molecule has 1 saturated carbocycles. The van der Waals surface area contributed by atoms with Crippen molar-refractivity contribution in [2.45, 2.75) is 44.6 Å². The lowest BCUT2D eigenvalue weighted by atomic mass is 10.1. The van der Waals surface area contributed by atoms with Gasteiger partial charge >= 0.3 is 0 Å². The van der Waals surface area contributed by atoms with Crippen LogP contribution in [0, 0.1) is 0 Å². The van der Waals surface area contributed by atoms with Gasteiger partial charge in [-0.15, -0.1) is 0 Å². The third kappa shape index (κ3) is 3.42. The Kier molecular flexibility index (Phi) is 5.06. The first-order valence-corrected chi connectivity index (χ1v) is 10.8. The van der Waals surface area contributed by atoms with Gasteiger partial charge in [-0.25, -0.2) is 0 Å². The molecule has 0 radical (unpaired) electrons. The van der Waals surface area contributed by atoms with Crippen LogP contribution in [0.2, 0.25) is 0 Å². The van der Waals surface area contributed by atoms with Crippen LogP contribution in [0.5, 0.6) is 5.75 Å². The van der Waals surface area contributed by atoms with E-state index >= 15 is 0 Å². The van der Waals surface area contributed by atoms with Gasteiger partial charge in [0.15, 0.2) is 5.39 Å². The zero-order valence-corrected chi connectivity index (χ0v) is 17.5. The van der Waals surface area contributed by atoms with Crippen LogP contribution >= 0.6 is 0 Å². The van der Waals surface area contributed by atoms with Gasteiger partial charge in [0, 0.05) is 11.6 Å². The monoisotopic (exact) mass is 416 g/mol. The van der Waals surface area contributed by atoms with Crippen molar-refractivity contribution < 1.29 is 9.15 Å². The van der Waals surface area contributed by atoms with Crippen LogP contribution in [0.25, 0.3) is 33.5 Å². The van der Waals surface area contributed by atoms with Crippen LogP contribution in [-0.4, -0.2) is 16.7 Å². The largest absolute Gasteiger partial charge is 0.497 e. The van der Waals surface area contributed by atoms with Crippen LogP contribution in [-0.2, 0) is 0 Å². The molecule has 158 valence electrons. The number of hydrogen-bond acceptors (Lipinski definition) is 5. The zero-order valence-electron chi connectivity index (χ0n) is 17.5. The summed E-state index contributed by atoms with van der Waals surface area (Å²) in [6.07, 6.45) is 6.24. The smallest absolute Gasteiger partial charge is 0.269 e. The highest BCUT2D eigenvalue weighted by Crippen LogP contribution is 2.31. The minimum absolute atomic E-state index is 0.00914. The lowest BCUT2D eigenvalue weighted by Gasteiger charge is -2.22. The standard InChI is InChI=1S/C25H24N2O4/c1-30-18-14-12-16(13-15-18)23-26-24-21(22(28)19-10-6-7-11-20(19)31-24)25(29)27(23)17-8-4-2-3-5-9-17/h6-7,10-15,17H,2-5,8-9H2,1H3. The normalized spacial score (nSPS) is 15.3. The molecule has 4 aromatic rings. The van der Waals surface area contributed by atoms with Crippen molar-refractivity contribution >= 4 is 22.1 Å². The summed E-state index contributed by atoms with van der Waals surface area (Å²) in [5.41, 5.74) is 0.671. The number of benzene rings is 2. The fraction of sp³-hybridized carbons (Fsp3) is 0.320. The van der Waals surface area contributed by atoms with Crippen molar-refractivity contribution in [2.24, 2.45) is 0 Å². The number of fused-ring (bicyclic) bond motifs is 2. The Hall–Kier alpha value is -3.41. The second kappa shape index (κ2) is 8.02. The third-order valence-electron chi connectivity index (χ3n) is 6.19. The molecule has 2 heterocycles. The van der Waals surface area contributed by atoms with Crippen molar-refractivity contribution in [3.05, 3.63) is 69.1 Å². The van der Waals surface area contributed by atoms with Gasteiger partial charge in [0.05, 0.1) is 12.5 Å². The summed E-state index contributed by atoms with van der Waals surface area (Å²) in [7, 11) is 1.62. The summed E-state index contributed by atoms with van der Waals surface area (Å²) in [5, 5.41) is 0.429. The molecule has 2 aromatic carbocycles. The number of hydrogen-bond donors (Lipinski definition) is 0. The van der Waals surface area contributed by atoms with Crippen molar-refractivity contribution in [3.8, 4) is 17.1 Å². The fourth-order valence-electron chi connectivity index (χ4n) is 4.56. The molecule has 0 spiro atoms. The molecule has 5 rings (SSSR count). The fourth-order valence-corrected chi connectivity index (χ4v) is 4.56. The van der Waals surface area contributed by atoms with Crippen molar-refractivity contribution in [2.75, 3.05) is 7.11 Å². The van der Waals surface area contributed by atoms with Gasteiger partial charge in [0.1, 0.15) is 17.2 Å². The van der Waals surface area contributed by atoms with Gasteiger partial charge in [-0.05, 0) is 49.2 Å². The van der Waals surface area contributed by atoms with E-state index in [9.17, 15) is 9.59 Å². The Labute approximate surface area is 179 Å². The molecular weight excluding hydrogens is 392 g/mol. The molecule has 0 amide bonds. The highest BCUT2D eigenvalue weighted by atomic mass is 16.5. The van der Waals surface area contributed by atoms with Crippen LogP contribution in [0.1, 0.15) is 44.6 Å². The average molecular weight is 416 g/mol. The molecule has 1 aliphatic rings. The van der Waals surface area contributed by atoms with E-state index in [0.717, 1.165) is 49.8 Å². The lowest BCUT2D eigenvalue weighted by Crippen LogP contribution is -2.30. The maximum atomic E-state index is 13.8. The predicted molar refractivity (Wildman–Crippen MR) is 121 cm³/mol. The SMILES string of the molecule is COc1ccc(-c2nc3oc4ccccc4c(=O)c3c(=O)n2C2CCCCCC2)cc1. The van der Waals surface area contributed by atoms with E-state index in [1.54, 1.807) is 35.9 Å². The molecule has 0 saturated heterocycles. The van der Waals surface area contributed by atoms with Gasteiger partial charge in [-0.1, -0.05) is 37.8 Å². The number of para-hydroxylation sites is 1. The molecule has 0 N–H and O–H groups in total. The molecule has 0 bridgehead atoms. The van der Waals surface area contributed by atoms with E-state index in [2.05, 4.69) is 0 Å². The van der Waals surface area contributed by atoms with E-state index in [1.165, 1.54) is 0 Å². The maximum absolute atomic E-state index is 13.8. The number of rotatable bonds is 3. The van der Waals surface area contributed by atoms with Crippen LogP contribution in [0.15, 0.2) is 62.5 Å². The Morgan fingerprint density at radius 1 is 0.968 bits per heavy atom. The summed E-state index contributed by atoms with van der Waals surface area (Å²) >= 11 is 0. The number of nitrogens with zero attached hydrogens (tertiary/aromatic N) is 2. The molecule has 0 aliphatic heterocycles. The third-order valence-corrected chi connectivity index (χ3v) is 6.19. The summed E-state index contributed by atoms with van der Waals surface area (Å²) in [6, 6.07) is 14.5. The predicted octanol–water partition coefficient (Wildman–Crippen LogP) is 5.07. The molecule has 0 atom stereocenters. The summed E-state index contributed by atoms with van der Waals surface area (Å²) in [5.74, 6) is 1.26. The second-order valence-electron chi connectivity index (χ2n) is 8.09. The Morgan fingerprint density at radius 3 is 2.39 bits per heavy atom. The molecule has 0 unspecified atom stereocenters. The molecule has 2 aromatic heterocycles. The van der Waals surface area contributed by atoms with Crippen molar-refractivity contribution in [1.29, 1.82) is 0 Å². The second-order valence-corrected chi connectivity index (χ2v) is 8.09. The number of ether oxygens (including phenoxy) is 1. The zero-order chi connectivity index (χ0) is 21.4. The molecule has 1 aliphatic carbocycles. The van der Waals surface area contributed by atoms with Gasteiger partial charge < -0.3 is 9.15 Å². The van der Waals surface area contributed by atoms with Gasteiger partial charge in [-0.3, -0.25) is 14.2 Å². The Balaban J connectivity index is 1.84. The van der Waals surface area contributed by atoms with Crippen molar-refractivity contribution in [3.63, 3.8) is 0 Å². The Morgan fingerprint density at radius 2 is 1.68 bits per heavy atom. The van der Waals surface area contributed by atoms with E-state index in [1.807, 2.05) is 24.3 Å². The quantitative estimate of drug-likeness (QED) is 0.344. The van der Waals surface area contributed by atoms with Gasteiger partial charge in [0.25, 0.3) is 5.56 Å². The molecule has 31 heavy (non-hydrogen) atoms. The van der Waals surface area contributed by atoms with E-state index in [4.69, 9.17) is 14.1 Å². The minimum atomic E-state index is -0.321. The van der Waals surface area contributed by atoms with E-state index in [-0.39, 0.29) is 28.1 Å². The van der Waals surface area contributed by atoms with Crippen LogP contribution in [0.4, 0.5) is 0 Å². The summed E-state index contributed by atoms with van der Waals surface area (Å²) < 4.78 is 12.9. The van der Waals surface area contributed by atoms with Crippen LogP contribution < -0.4 is 15.7 Å². The summed E-state index contributed by atoms with van der Waals surface area (Å²) in [6.45, 7) is 0. The molecule has 1 fully saturated rings. The average Bonchev–Trinajstić information content (AvgIpc) is 3.08. The highest BCUT2D eigenvalue weighted by molar-refractivity contribution is 5.88. The van der Waals surface area contributed by atoms with Crippen LogP contribution in [0.3, 0.4) is 0 Å². The number of methoxy groups -OCH3 is 1. The molecule has 6 heteroatoms. The number of aromatic nitrogens is 2. The maximum Gasteiger partial charge on any atom is 0.269 e.